The van der Waals surface area contributed by atoms with Crippen LogP contribution < -0.4 is 20.7 Å². The molecule has 0 fully saturated rings. The zero-order valence-electron chi connectivity index (χ0n) is 14.0. The second kappa shape index (κ2) is 7.01. The first kappa shape index (κ1) is 16.9. The summed E-state index contributed by atoms with van der Waals surface area (Å²) in [5.41, 5.74) is 1.92. The maximum atomic E-state index is 12.5. The topological polar surface area (TPSA) is 79.5 Å². The smallest absolute Gasteiger partial charge is 0.323 e. The maximum absolute atomic E-state index is 12.5. The number of nitrogens with one attached hydrogen (secondary N) is 3. The van der Waals surface area contributed by atoms with E-state index < -0.39 is 6.03 Å². The molecule has 0 saturated heterocycles. The fourth-order valence-electron chi connectivity index (χ4n) is 2.69. The van der Waals surface area contributed by atoms with Crippen molar-refractivity contribution in [1.82, 2.24) is 0 Å². The Hall–Kier alpha value is -3.51. The Balaban J connectivity index is 1.55. The number of halogens is 1. The van der Waals surface area contributed by atoms with Gasteiger partial charge in [0.2, 0.25) is 0 Å². The first-order chi connectivity index (χ1) is 13.1. The number of urea groups is 1. The monoisotopic (exact) mass is 379 g/mol. The first-order valence-corrected chi connectivity index (χ1v) is 8.52. The molecule has 6 nitrogen and oxygen atoms in total. The fraction of sp³-hybridized carbons (Fsp3) is 0. The standard InChI is InChI=1S/C20H14ClN3O3/c21-12-6-8-18-16(10-12)24-19(25)15-11-14(7-9-17(15)27-18)23-20(26)22-13-4-2-1-3-5-13/h1-11H,(H,24,25)(H2,22,23,26). The van der Waals surface area contributed by atoms with Gasteiger partial charge in [-0.15, -0.1) is 0 Å². The molecular weight excluding hydrogens is 366 g/mol. The highest BCUT2D eigenvalue weighted by Crippen LogP contribution is 2.37. The van der Waals surface area contributed by atoms with E-state index in [9.17, 15) is 9.59 Å². The summed E-state index contributed by atoms with van der Waals surface area (Å²) < 4.78 is 5.81. The number of hydrogen-bond acceptors (Lipinski definition) is 3. The third kappa shape index (κ3) is 3.70. The Morgan fingerprint density at radius 1 is 0.889 bits per heavy atom. The van der Waals surface area contributed by atoms with E-state index in [0.29, 0.717) is 39.1 Å². The van der Waals surface area contributed by atoms with E-state index in [1.165, 1.54) is 0 Å². The molecule has 0 unspecified atom stereocenters. The van der Waals surface area contributed by atoms with Gasteiger partial charge in [0.05, 0.1) is 11.3 Å². The number of anilines is 3. The predicted molar refractivity (Wildman–Crippen MR) is 105 cm³/mol. The van der Waals surface area contributed by atoms with Crippen LogP contribution in [-0.2, 0) is 0 Å². The van der Waals surface area contributed by atoms with Gasteiger partial charge in [-0.2, -0.15) is 0 Å². The van der Waals surface area contributed by atoms with E-state index >= 15 is 0 Å². The molecule has 3 amide bonds. The summed E-state index contributed by atoms with van der Waals surface area (Å²) in [4.78, 5) is 24.7. The normalized spacial score (nSPS) is 12.0. The molecule has 1 heterocycles. The summed E-state index contributed by atoms with van der Waals surface area (Å²) in [5.74, 6) is 0.537. The molecule has 27 heavy (non-hydrogen) atoms. The van der Waals surface area contributed by atoms with Crippen molar-refractivity contribution in [3.63, 3.8) is 0 Å². The number of carbonyl (C=O) groups is 2. The van der Waals surface area contributed by atoms with Gasteiger partial charge in [0.15, 0.2) is 5.75 Å². The Labute approximate surface area is 160 Å². The van der Waals surface area contributed by atoms with Crippen molar-refractivity contribution >= 4 is 40.6 Å². The van der Waals surface area contributed by atoms with E-state index in [1.54, 1.807) is 48.5 Å². The van der Waals surface area contributed by atoms with Gasteiger partial charge >= 0.3 is 6.03 Å². The van der Waals surface area contributed by atoms with Crippen LogP contribution in [0.3, 0.4) is 0 Å². The van der Waals surface area contributed by atoms with E-state index in [4.69, 9.17) is 16.3 Å². The van der Waals surface area contributed by atoms with Gasteiger partial charge in [-0.05, 0) is 48.5 Å². The molecule has 0 atom stereocenters. The summed E-state index contributed by atoms with van der Waals surface area (Å²) in [7, 11) is 0. The maximum Gasteiger partial charge on any atom is 0.323 e. The van der Waals surface area contributed by atoms with E-state index in [-0.39, 0.29) is 5.91 Å². The number of benzene rings is 3. The summed E-state index contributed by atoms with van der Waals surface area (Å²) in [6, 6.07) is 18.5. The number of hydrogen-bond donors (Lipinski definition) is 3. The Bertz CT molecular complexity index is 1040. The van der Waals surface area contributed by atoms with Crippen molar-refractivity contribution in [3.8, 4) is 11.5 Å². The Kier molecular flexibility index (Phi) is 4.40. The molecule has 0 bridgehead atoms. The molecular formula is C20H14ClN3O3. The third-order valence-corrected chi connectivity index (χ3v) is 4.16. The Morgan fingerprint density at radius 2 is 1.63 bits per heavy atom. The first-order valence-electron chi connectivity index (χ1n) is 8.14. The summed E-state index contributed by atoms with van der Waals surface area (Å²) in [6.45, 7) is 0. The average Bonchev–Trinajstić information content (AvgIpc) is 2.78. The second-order valence-corrected chi connectivity index (χ2v) is 6.29. The van der Waals surface area contributed by atoms with Crippen molar-refractivity contribution in [2.45, 2.75) is 0 Å². The lowest BCUT2D eigenvalue weighted by Crippen LogP contribution is -2.19. The lowest BCUT2D eigenvalue weighted by atomic mass is 10.1. The van der Waals surface area contributed by atoms with Crippen LogP contribution in [0.1, 0.15) is 10.4 Å². The highest BCUT2D eigenvalue weighted by molar-refractivity contribution is 6.31. The zero-order valence-corrected chi connectivity index (χ0v) is 14.7. The van der Waals surface area contributed by atoms with Crippen LogP contribution in [-0.4, -0.2) is 11.9 Å². The SMILES string of the molecule is O=C(Nc1ccccc1)Nc1ccc2c(c1)C(=O)Nc1cc(Cl)ccc1O2. The number of amides is 3. The van der Waals surface area contributed by atoms with Crippen molar-refractivity contribution < 1.29 is 14.3 Å². The van der Waals surface area contributed by atoms with Gasteiger partial charge in [0.25, 0.3) is 5.91 Å². The molecule has 0 aliphatic carbocycles. The van der Waals surface area contributed by atoms with Crippen LogP contribution in [0.4, 0.5) is 21.9 Å². The summed E-state index contributed by atoms with van der Waals surface area (Å²) in [5, 5.41) is 8.68. The van der Waals surface area contributed by atoms with Crippen LogP contribution in [0.5, 0.6) is 11.5 Å². The lowest BCUT2D eigenvalue weighted by molar-refractivity contribution is 0.102. The van der Waals surface area contributed by atoms with Gasteiger partial charge < -0.3 is 20.7 Å². The lowest BCUT2D eigenvalue weighted by Gasteiger charge is -2.10. The number of rotatable bonds is 2. The third-order valence-electron chi connectivity index (χ3n) is 3.92. The van der Waals surface area contributed by atoms with Crippen LogP contribution in [0, 0.1) is 0 Å². The molecule has 3 N–H and O–H groups in total. The molecule has 0 saturated carbocycles. The molecule has 134 valence electrons. The van der Waals surface area contributed by atoms with E-state index in [2.05, 4.69) is 16.0 Å². The van der Waals surface area contributed by atoms with Gasteiger partial charge in [-0.25, -0.2) is 4.79 Å². The highest BCUT2D eigenvalue weighted by Gasteiger charge is 2.21. The van der Waals surface area contributed by atoms with Crippen LogP contribution >= 0.6 is 11.6 Å². The minimum absolute atomic E-state index is 0.305. The minimum Gasteiger partial charge on any atom is -0.454 e. The van der Waals surface area contributed by atoms with Crippen molar-refractivity contribution in [2.24, 2.45) is 0 Å². The van der Waals surface area contributed by atoms with Crippen molar-refractivity contribution in [3.05, 3.63) is 77.3 Å². The van der Waals surface area contributed by atoms with Crippen LogP contribution in [0.15, 0.2) is 66.7 Å². The molecule has 1 aliphatic rings. The Morgan fingerprint density at radius 3 is 2.44 bits per heavy atom. The zero-order chi connectivity index (χ0) is 18.8. The van der Waals surface area contributed by atoms with Gasteiger partial charge in [-0.1, -0.05) is 29.8 Å². The molecule has 0 radical (unpaired) electrons. The van der Waals surface area contributed by atoms with Crippen LogP contribution in [0.25, 0.3) is 0 Å². The molecule has 3 aromatic rings. The number of para-hydroxylation sites is 1. The van der Waals surface area contributed by atoms with Crippen molar-refractivity contribution in [1.29, 1.82) is 0 Å². The largest absolute Gasteiger partial charge is 0.454 e. The fourth-order valence-corrected chi connectivity index (χ4v) is 2.86. The molecule has 0 spiro atoms. The predicted octanol–water partition coefficient (Wildman–Crippen LogP) is 5.34. The van der Waals surface area contributed by atoms with Crippen LogP contribution in [0.2, 0.25) is 5.02 Å². The summed E-state index contributed by atoms with van der Waals surface area (Å²) in [6.07, 6.45) is 0. The average molecular weight is 380 g/mol. The molecule has 0 aromatic heterocycles. The second-order valence-electron chi connectivity index (χ2n) is 5.85. The molecule has 3 aromatic carbocycles. The van der Waals surface area contributed by atoms with E-state index in [0.717, 1.165) is 0 Å². The van der Waals surface area contributed by atoms with E-state index in [1.807, 2.05) is 18.2 Å². The number of fused-ring (bicyclic) bond motifs is 2. The van der Waals surface area contributed by atoms with Gasteiger partial charge in [0.1, 0.15) is 5.75 Å². The van der Waals surface area contributed by atoms with Gasteiger partial charge in [-0.3, -0.25) is 4.79 Å². The van der Waals surface area contributed by atoms with Gasteiger partial charge in [0, 0.05) is 16.4 Å². The van der Waals surface area contributed by atoms with Crippen molar-refractivity contribution in [2.75, 3.05) is 16.0 Å². The summed E-state index contributed by atoms with van der Waals surface area (Å²) >= 11 is 5.98. The molecule has 1 aliphatic heterocycles. The number of carbonyl (C=O) groups excluding carboxylic acids is 2. The minimum atomic E-state index is -0.411. The quantitative estimate of drug-likeness (QED) is 0.562. The molecule has 7 heteroatoms. The number of ether oxygens (including phenoxy) is 1. The highest BCUT2D eigenvalue weighted by atomic mass is 35.5. The molecule has 4 rings (SSSR count).